The highest BCUT2D eigenvalue weighted by molar-refractivity contribution is 6.31. The Kier molecular flexibility index (Phi) is 7.54. The van der Waals surface area contributed by atoms with Gasteiger partial charge in [-0.1, -0.05) is 74.7 Å². The van der Waals surface area contributed by atoms with Crippen LogP contribution < -0.4 is 0 Å². The number of halogens is 1. The van der Waals surface area contributed by atoms with Crippen LogP contribution in [0, 0.1) is 5.92 Å². The fourth-order valence-corrected chi connectivity index (χ4v) is 5.51. The zero-order valence-electron chi connectivity index (χ0n) is 18.1. The maximum Gasteiger partial charge on any atom is 0.223 e. The standard InChI is InChI=1S/C26H35ClN2O/c27-25-15-7-6-11-22(25)19-28-18-8-14-24(28)20-29(23-12-2-1-3-13-23)26(30)17-16-21-9-4-5-10-21/h6-8,11,14-15,18,21,23H,1-5,9-10,12-13,16-17,19-20H2. The summed E-state index contributed by atoms with van der Waals surface area (Å²) in [5, 5.41) is 0.800. The second-order valence-corrected chi connectivity index (χ2v) is 9.63. The molecule has 2 aromatic rings. The Hall–Kier alpha value is -1.74. The lowest BCUT2D eigenvalue weighted by atomic mass is 9.93. The summed E-state index contributed by atoms with van der Waals surface area (Å²) in [4.78, 5) is 15.6. The van der Waals surface area contributed by atoms with Gasteiger partial charge in [-0.2, -0.15) is 0 Å². The van der Waals surface area contributed by atoms with E-state index in [2.05, 4.69) is 33.9 Å². The lowest BCUT2D eigenvalue weighted by Gasteiger charge is -2.35. The van der Waals surface area contributed by atoms with E-state index in [0.717, 1.165) is 42.3 Å². The van der Waals surface area contributed by atoms with Gasteiger partial charge in [0.15, 0.2) is 0 Å². The summed E-state index contributed by atoms with van der Waals surface area (Å²) in [6, 6.07) is 12.7. The molecular formula is C26H35ClN2O. The lowest BCUT2D eigenvalue weighted by Crippen LogP contribution is -2.41. The first-order chi connectivity index (χ1) is 14.7. The summed E-state index contributed by atoms with van der Waals surface area (Å²) in [5.74, 6) is 1.13. The Morgan fingerprint density at radius 3 is 2.47 bits per heavy atom. The van der Waals surface area contributed by atoms with Crippen LogP contribution in [0.1, 0.15) is 81.9 Å². The molecule has 0 spiro atoms. The second-order valence-electron chi connectivity index (χ2n) is 9.22. The molecular weight excluding hydrogens is 392 g/mol. The molecule has 0 saturated heterocycles. The van der Waals surface area contributed by atoms with Crippen molar-refractivity contribution in [2.45, 2.75) is 89.8 Å². The third kappa shape index (κ3) is 5.49. The molecule has 4 rings (SSSR count). The number of carbonyl (C=O) groups excluding carboxylic acids is 1. The van der Waals surface area contributed by atoms with Crippen molar-refractivity contribution < 1.29 is 4.79 Å². The van der Waals surface area contributed by atoms with Crippen LogP contribution >= 0.6 is 11.6 Å². The predicted molar refractivity (Wildman–Crippen MR) is 124 cm³/mol. The van der Waals surface area contributed by atoms with Gasteiger partial charge in [0.05, 0.1) is 6.54 Å². The van der Waals surface area contributed by atoms with E-state index in [-0.39, 0.29) is 0 Å². The number of hydrogen-bond acceptors (Lipinski definition) is 1. The highest BCUT2D eigenvalue weighted by atomic mass is 35.5. The van der Waals surface area contributed by atoms with Crippen molar-refractivity contribution in [3.8, 4) is 0 Å². The minimum absolute atomic E-state index is 0.360. The molecule has 0 radical (unpaired) electrons. The van der Waals surface area contributed by atoms with Gasteiger partial charge < -0.3 is 9.47 Å². The summed E-state index contributed by atoms with van der Waals surface area (Å²) in [7, 11) is 0. The molecule has 2 aliphatic rings. The first-order valence-electron chi connectivity index (χ1n) is 11.9. The molecule has 0 N–H and O–H groups in total. The van der Waals surface area contributed by atoms with Gasteiger partial charge in [-0.25, -0.2) is 0 Å². The Morgan fingerprint density at radius 1 is 0.967 bits per heavy atom. The normalized spacial score (nSPS) is 18.0. The largest absolute Gasteiger partial charge is 0.345 e. The van der Waals surface area contributed by atoms with Crippen molar-refractivity contribution in [1.82, 2.24) is 9.47 Å². The number of rotatable bonds is 8. The molecule has 1 aromatic heterocycles. The number of aromatic nitrogens is 1. The predicted octanol–water partition coefficient (Wildman–Crippen LogP) is 6.82. The van der Waals surface area contributed by atoms with Gasteiger partial charge >= 0.3 is 0 Å². The van der Waals surface area contributed by atoms with Gasteiger partial charge in [0, 0.05) is 35.9 Å². The minimum Gasteiger partial charge on any atom is -0.345 e. The van der Waals surface area contributed by atoms with Gasteiger partial charge in [0.2, 0.25) is 5.91 Å². The average Bonchev–Trinajstić information content (AvgIpc) is 3.45. The molecule has 3 nitrogen and oxygen atoms in total. The zero-order valence-corrected chi connectivity index (χ0v) is 18.8. The van der Waals surface area contributed by atoms with Crippen molar-refractivity contribution in [3.63, 3.8) is 0 Å². The first-order valence-corrected chi connectivity index (χ1v) is 12.3. The average molecular weight is 427 g/mol. The van der Waals surface area contributed by atoms with Gasteiger partial charge in [-0.05, 0) is 48.9 Å². The molecule has 2 saturated carbocycles. The Bertz CT molecular complexity index is 818. The molecule has 30 heavy (non-hydrogen) atoms. The molecule has 0 bridgehead atoms. The SMILES string of the molecule is O=C(CCC1CCCC1)N(Cc1cccn1Cc1ccccc1Cl)C1CCCCC1. The zero-order chi connectivity index (χ0) is 20.8. The van der Waals surface area contributed by atoms with Crippen molar-refractivity contribution >= 4 is 17.5 Å². The molecule has 2 fully saturated rings. The highest BCUT2D eigenvalue weighted by Gasteiger charge is 2.27. The van der Waals surface area contributed by atoms with Crippen LogP contribution in [0.25, 0.3) is 0 Å². The minimum atomic E-state index is 0.360. The van der Waals surface area contributed by atoms with E-state index in [1.165, 1.54) is 50.6 Å². The Morgan fingerprint density at radius 2 is 1.70 bits per heavy atom. The van der Waals surface area contributed by atoms with Gasteiger partial charge in [-0.3, -0.25) is 4.79 Å². The molecule has 2 aliphatic carbocycles. The fourth-order valence-electron chi connectivity index (χ4n) is 5.32. The van der Waals surface area contributed by atoms with E-state index in [1.54, 1.807) is 0 Å². The van der Waals surface area contributed by atoms with Crippen molar-refractivity contribution in [1.29, 1.82) is 0 Å². The number of amides is 1. The second kappa shape index (κ2) is 10.5. The van der Waals surface area contributed by atoms with Crippen molar-refractivity contribution in [2.24, 2.45) is 5.92 Å². The van der Waals surface area contributed by atoms with Crippen molar-refractivity contribution in [3.05, 3.63) is 58.9 Å². The number of nitrogens with zero attached hydrogens (tertiary/aromatic N) is 2. The summed E-state index contributed by atoms with van der Waals surface area (Å²) < 4.78 is 2.25. The van der Waals surface area contributed by atoms with Gasteiger partial charge in [0.25, 0.3) is 0 Å². The first kappa shape index (κ1) is 21.5. The summed E-state index contributed by atoms with van der Waals surface area (Å²) in [6.07, 6.45) is 15.3. The van der Waals surface area contributed by atoms with Crippen LogP contribution in [0.4, 0.5) is 0 Å². The molecule has 1 heterocycles. The van der Waals surface area contributed by atoms with Crippen LogP contribution in [0.5, 0.6) is 0 Å². The highest BCUT2D eigenvalue weighted by Crippen LogP contribution is 2.30. The summed E-state index contributed by atoms with van der Waals surface area (Å²) >= 11 is 6.40. The number of benzene rings is 1. The van der Waals surface area contributed by atoms with Gasteiger partial charge in [0.1, 0.15) is 0 Å². The quantitative estimate of drug-likeness (QED) is 0.454. The molecule has 162 valence electrons. The fraction of sp³-hybridized carbons (Fsp3) is 0.577. The number of carbonyl (C=O) groups is 1. The van der Waals surface area contributed by atoms with Crippen LogP contribution in [0.3, 0.4) is 0 Å². The molecule has 0 aliphatic heterocycles. The maximum absolute atomic E-state index is 13.3. The molecule has 1 amide bonds. The van der Waals surface area contributed by atoms with E-state index < -0.39 is 0 Å². The lowest BCUT2D eigenvalue weighted by molar-refractivity contribution is -0.135. The topological polar surface area (TPSA) is 25.2 Å². The van der Waals surface area contributed by atoms with Crippen LogP contribution in [0.2, 0.25) is 5.02 Å². The Labute approximate surface area is 186 Å². The van der Waals surface area contributed by atoms with Crippen molar-refractivity contribution in [2.75, 3.05) is 0 Å². The van der Waals surface area contributed by atoms with Crippen LogP contribution in [-0.4, -0.2) is 21.4 Å². The number of hydrogen-bond donors (Lipinski definition) is 0. The van der Waals surface area contributed by atoms with E-state index in [9.17, 15) is 4.79 Å². The maximum atomic E-state index is 13.3. The molecule has 0 atom stereocenters. The summed E-state index contributed by atoms with van der Waals surface area (Å²) in [6.45, 7) is 1.46. The monoisotopic (exact) mass is 426 g/mol. The molecule has 4 heteroatoms. The van der Waals surface area contributed by atoms with E-state index in [0.29, 0.717) is 24.9 Å². The van der Waals surface area contributed by atoms with E-state index in [1.807, 2.05) is 18.2 Å². The van der Waals surface area contributed by atoms with Gasteiger partial charge in [-0.15, -0.1) is 0 Å². The van der Waals surface area contributed by atoms with E-state index in [4.69, 9.17) is 11.6 Å². The third-order valence-corrected chi connectivity index (χ3v) is 7.50. The third-order valence-electron chi connectivity index (χ3n) is 7.13. The summed E-state index contributed by atoms with van der Waals surface area (Å²) in [5.41, 5.74) is 2.32. The molecule has 0 unspecified atom stereocenters. The van der Waals surface area contributed by atoms with Crippen LogP contribution in [0.15, 0.2) is 42.6 Å². The van der Waals surface area contributed by atoms with Crippen LogP contribution in [-0.2, 0) is 17.9 Å². The van der Waals surface area contributed by atoms with E-state index >= 15 is 0 Å². The molecule has 1 aromatic carbocycles. The Balaban J connectivity index is 1.46. The smallest absolute Gasteiger partial charge is 0.223 e.